The predicted molar refractivity (Wildman–Crippen MR) is 97.2 cm³/mol. The van der Waals surface area contributed by atoms with Crippen molar-refractivity contribution in [1.82, 2.24) is 24.7 Å². The minimum atomic E-state index is 0.719. The van der Waals surface area contributed by atoms with Crippen molar-refractivity contribution in [3.8, 4) is 11.4 Å². The highest BCUT2D eigenvalue weighted by atomic mass is 15.3. The average Bonchev–Trinajstić information content (AvgIpc) is 2.95. The van der Waals surface area contributed by atoms with Crippen molar-refractivity contribution in [3.05, 3.63) is 53.2 Å². The molecule has 0 aromatic carbocycles. The molecule has 0 radical (unpaired) electrons. The molecule has 0 bridgehead atoms. The SMILES string of the molecule is Cc1nc(NCc2c3c(nn2C)CCCC3)cc(-c2ccccn2)n1. The van der Waals surface area contributed by atoms with Crippen molar-refractivity contribution in [1.29, 1.82) is 0 Å². The smallest absolute Gasteiger partial charge is 0.130 e. The molecular weight excluding hydrogens is 312 g/mol. The number of rotatable bonds is 4. The van der Waals surface area contributed by atoms with E-state index in [1.807, 2.05) is 42.9 Å². The van der Waals surface area contributed by atoms with E-state index in [2.05, 4.69) is 25.4 Å². The molecule has 25 heavy (non-hydrogen) atoms. The van der Waals surface area contributed by atoms with Crippen LogP contribution in [-0.4, -0.2) is 24.7 Å². The van der Waals surface area contributed by atoms with Crippen LogP contribution in [0.25, 0.3) is 11.4 Å². The molecule has 0 atom stereocenters. The van der Waals surface area contributed by atoms with E-state index in [-0.39, 0.29) is 0 Å². The number of fused-ring (bicyclic) bond motifs is 1. The van der Waals surface area contributed by atoms with Gasteiger partial charge in [0.1, 0.15) is 11.6 Å². The van der Waals surface area contributed by atoms with Crippen LogP contribution in [0.1, 0.15) is 35.6 Å². The van der Waals surface area contributed by atoms with E-state index in [0.29, 0.717) is 0 Å². The maximum Gasteiger partial charge on any atom is 0.130 e. The molecule has 6 heteroatoms. The number of nitrogens with zero attached hydrogens (tertiary/aromatic N) is 5. The van der Waals surface area contributed by atoms with Gasteiger partial charge >= 0.3 is 0 Å². The topological polar surface area (TPSA) is 68.5 Å². The van der Waals surface area contributed by atoms with Crippen LogP contribution < -0.4 is 5.32 Å². The molecule has 3 aromatic rings. The highest BCUT2D eigenvalue weighted by Crippen LogP contribution is 2.24. The number of hydrogen-bond donors (Lipinski definition) is 1. The molecule has 0 fully saturated rings. The maximum atomic E-state index is 4.68. The zero-order valence-electron chi connectivity index (χ0n) is 14.7. The summed E-state index contributed by atoms with van der Waals surface area (Å²) in [7, 11) is 2.03. The van der Waals surface area contributed by atoms with Crippen LogP contribution in [0.15, 0.2) is 30.5 Å². The summed E-state index contributed by atoms with van der Waals surface area (Å²) < 4.78 is 2.01. The lowest BCUT2D eigenvalue weighted by molar-refractivity contribution is 0.664. The minimum absolute atomic E-state index is 0.719. The number of hydrogen-bond acceptors (Lipinski definition) is 5. The molecule has 0 spiro atoms. The van der Waals surface area contributed by atoms with Gasteiger partial charge in [-0.15, -0.1) is 0 Å². The molecule has 0 amide bonds. The Kier molecular flexibility index (Phi) is 4.17. The quantitative estimate of drug-likeness (QED) is 0.794. The van der Waals surface area contributed by atoms with Gasteiger partial charge < -0.3 is 5.32 Å². The average molecular weight is 334 g/mol. The normalized spacial score (nSPS) is 13.5. The molecule has 0 aliphatic heterocycles. The van der Waals surface area contributed by atoms with E-state index in [1.165, 1.54) is 29.8 Å². The van der Waals surface area contributed by atoms with Crippen LogP contribution >= 0.6 is 0 Å². The molecule has 1 aliphatic rings. The summed E-state index contributed by atoms with van der Waals surface area (Å²) in [6.45, 7) is 2.63. The lowest BCUT2D eigenvalue weighted by atomic mass is 9.96. The Labute approximate surface area is 147 Å². The zero-order valence-corrected chi connectivity index (χ0v) is 14.7. The Morgan fingerprint density at radius 2 is 2.00 bits per heavy atom. The van der Waals surface area contributed by atoms with Gasteiger partial charge in [-0.05, 0) is 50.3 Å². The van der Waals surface area contributed by atoms with Crippen molar-refractivity contribution in [2.75, 3.05) is 5.32 Å². The molecule has 6 nitrogen and oxygen atoms in total. The molecule has 3 heterocycles. The first kappa shape index (κ1) is 15.7. The summed E-state index contributed by atoms with van der Waals surface area (Å²) in [5.74, 6) is 1.55. The van der Waals surface area contributed by atoms with Gasteiger partial charge in [0.25, 0.3) is 0 Å². The summed E-state index contributed by atoms with van der Waals surface area (Å²) in [6.07, 6.45) is 6.50. The van der Waals surface area contributed by atoms with E-state index >= 15 is 0 Å². The lowest BCUT2D eigenvalue weighted by Crippen LogP contribution is -2.10. The summed E-state index contributed by atoms with van der Waals surface area (Å²) >= 11 is 0. The van der Waals surface area contributed by atoms with Crippen molar-refractivity contribution in [3.63, 3.8) is 0 Å². The second-order valence-corrected chi connectivity index (χ2v) is 6.46. The molecule has 1 N–H and O–H groups in total. The predicted octanol–water partition coefficient (Wildman–Crippen LogP) is 3.07. The fourth-order valence-corrected chi connectivity index (χ4v) is 3.45. The first-order chi connectivity index (χ1) is 12.2. The van der Waals surface area contributed by atoms with Crippen LogP contribution in [0.4, 0.5) is 5.82 Å². The number of aromatic nitrogens is 5. The third kappa shape index (κ3) is 3.24. The highest BCUT2D eigenvalue weighted by Gasteiger charge is 2.19. The molecule has 0 saturated heterocycles. The first-order valence-corrected chi connectivity index (χ1v) is 8.75. The van der Waals surface area contributed by atoms with Crippen LogP contribution in [0, 0.1) is 6.92 Å². The second-order valence-electron chi connectivity index (χ2n) is 6.46. The molecule has 0 unspecified atom stereocenters. The highest BCUT2D eigenvalue weighted by molar-refractivity contribution is 5.58. The third-order valence-electron chi connectivity index (χ3n) is 4.65. The molecule has 1 aliphatic carbocycles. The number of anilines is 1. The van der Waals surface area contributed by atoms with Crippen molar-refractivity contribution < 1.29 is 0 Å². The lowest BCUT2D eigenvalue weighted by Gasteiger charge is -2.13. The van der Waals surface area contributed by atoms with Gasteiger partial charge in [0.05, 0.1) is 29.3 Å². The minimum Gasteiger partial charge on any atom is -0.364 e. The Balaban J connectivity index is 1.58. The van der Waals surface area contributed by atoms with Gasteiger partial charge in [0.2, 0.25) is 0 Å². The maximum absolute atomic E-state index is 4.68. The standard InChI is InChI=1S/C19H22N6/c1-13-22-17(16-9-5-6-10-20-16)11-19(23-13)21-12-18-14-7-3-4-8-15(14)24-25(18)2/h5-6,9-11H,3-4,7-8,12H2,1-2H3,(H,21,22,23). The molecule has 128 valence electrons. The summed E-state index contributed by atoms with van der Waals surface area (Å²) in [5.41, 5.74) is 5.62. The van der Waals surface area contributed by atoms with E-state index in [1.54, 1.807) is 6.20 Å². The van der Waals surface area contributed by atoms with Gasteiger partial charge in [-0.3, -0.25) is 9.67 Å². The Morgan fingerprint density at radius 3 is 2.84 bits per heavy atom. The zero-order chi connectivity index (χ0) is 17.2. The van der Waals surface area contributed by atoms with E-state index in [9.17, 15) is 0 Å². The summed E-state index contributed by atoms with van der Waals surface area (Å²) in [6, 6.07) is 7.79. The van der Waals surface area contributed by atoms with Crippen molar-refractivity contribution in [2.45, 2.75) is 39.2 Å². The van der Waals surface area contributed by atoms with Gasteiger partial charge in [-0.1, -0.05) is 6.07 Å². The number of nitrogens with one attached hydrogen (secondary N) is 1. The van der Waals surface area contributed by atoms with E-state index in [0.717, 1.165) is 42.4 Å². The van der Waals surface area contributed by atoms with Crippen LogP contribution in [0.5, 0.6) is 0 Å². The summed E-state index contributed by atoms with van der Waals surface area (Å²) in [4.78, 5) is 13.4. The fourth-order valence-electron chi connectivity index (χ4n) is 3.45. The number of aryl methyl sites for hydroxylation is 3. The second kappa shape index (κ2) is 6.63. The largest absolute Gasteiger partial charge is 0.364 e. The first-order valence-electron chi connectivity index (χ1n) is 8.75. The molecular formula is C19H22N6. The Hall–Kier alpha value is -2.76. The van der Waals surface area contributed by atoms with Crippen molar-refractivity contribution in [2.24, 2.45) is 7.05 Å². The Morgan fingerprint density at radius 1 is 1.12 bits per heavy atom. The number of pyridine rings is 1. The van der Waals surface area contributed by atoms with Gasteiger partial charge in [-0.25, -0.2) is 9.97 Å². The molecule has 0 saturated carbocycles. The van der Waals surface area contributed by atoms with Crippen LogP contribution in [0.3, 0.4) is 0 Å². The Bertz CT molecular complexity index is 884. The fraction of sp³-hybridized carbons (Fsp3) is 0.368. The summed E-state index contributed by atoms with van der Waals surface area (Å²) in [5, 5.41) is 8.13. The van der Waals surface area contributed by atoms with Crippen LogP contribution in [-0.2, 0) is 26.4 Å². The van der Waals surface area contributed by atoms with Crippen LogP contribution in [0.2, 0.25) is 0 Å². The van der Waals surface area contributed by atoms with Gasteiger partial charge in [0.15, 0.2) is 0 Å². The molecule has 3 aromatic heterocycles. The monoisotopic (exact) mass is 334 g/mol. The van der Waals surface area contributed by atoms with Gasteiger partial charge in [0, 0.05) is 19.3 Å². The van der Waals surface area contributed by atoms with E-state index < -0.39 is 0 Å². The third-order valence-corrected chi connectivity index (χ3v) is 4.65. The van der Waals surface area contributed by atoms with Crippen molar-refractivity contribution >= 4 is 5.82 Å². The van der Waals surface area contributed by atoms with Gasteiger partial charge in [-0.2, -0.15) is 5.10 Å². The molecule has 4 rings (SSSR count). The van der Waals surface area contributed by atoms with E-state index in [4.69, 9.17) is 0 Å².